The normalized spacial score (nSPS) is 12.5. The Bertz CT molecular complexity index is 543. The zero-order valence-corrected chi connectivity index (χ0v) is 10.8. The molecule has 0 fully saturated rings. The summed E-state index contributed by atoms with van der Waals surface area (Å²) < 4.78 is 65.7. The van der Waals surface area contributed by atoms with Crippen LogP contribution in [0.3, 0.4) is 0 Å². The Balaban J connectivity index is 3.09. The minimum absolute atomic E-state index is 0.00820. The fourth-order valence-corrected chi connectivity index (χ4v) is 2.50. The second-order valence-corrected chi connectivity index (χ2v) is 5.48. The van der Waals surface area contributed by atoms with E-state index in [-0.39, 0.29) is 18.0 Å². The van der Waals surface area contributed by atoms with Crippen LogP contribution in [-0.4, -0.2) is 27.9 Å². The quantitative estimate of drug-likeness (QED) is 0.854. The molecule has 3 N–H and O–H groups in total. The Hall–Kier alpha value is -1.32. The molecule has 1 aromatic rings. The predicted octanol–water partition coefficient (Wildman–Crippen LogP) is 1.13. The molecule has 5 nitrogen and oxygen atoms in total. The van der Waals surface area contributed by atoms with Gasteiger partial charge < -0.3 is 10.5 Å². The van der Waals surface area contributed by atoms with Crippen LogP contribution in [0.4, 0.5) is 13.2 Å². The summed E-state index contributed by atoms with van der Waals surface area (Å²) >= 11 is 0. The van der Waals surface area contributed by atoms with Gasteiger partial charge in [-0.05, 0) is 24.6 Å². The van der Waals surface area contributed by atoms with Gasteiger partial charge >= 0.3 is 6.36 Å². The fourth-order valence-electron chi connectivity index (χ4n) is 1.34. The van der Waals surface area contributed by atoms with Crippen molar-refractivity contribution < 1.29 is 26.3 Å². The lowest BCUT2D eigenvalue weighted by atomic mass is 10.2. The highest BCUT2D eigenvalue weighted by Gasteiger charge is 2.31. The first-order chi connectivity index (χ1) is 8.64. The number of halogens is 3. The molecule has 1 aromatic carbocycles. The van der Waals surface area contributed by atoms with Crippen molar-refractivity contribution in [3.8, 4) is 5.75 Å². The molecule has 0 spiro atoms. The van der Waals surface area contributed by atoms with Gasteiger partial charge in [-0.15, -0.1) is 13.2 Å². The van der Waals surface area contributed by atoms with Crippen LogP contribution in [-0.2, 0) is 10.0 Å². The Morgan fingerprint density at radius 2 is 1.95 bits per heavy atom. The van der Waals surface area contributed by atoms with Gasteiger partial charge in [-0.25, -0.2) is 13.1 Å². The predicted molar refractivity (Wildman–Crippen MR) is 62.1 cm³/mol. The van der Waals surface area contributed by atoms with Gasteiger partial charge in [0.2, 0.25) is 10.0 Å². The molecular formula is C10H13F3N2O3S. The zero-order chi connectivity index (χ0) is 14.7. The van der Waals surface area contributed by atoms with E-state index in [9.17, 15) is 21.6 Å². The number of hydrogen-bond donors (Lipinski definition) is 2. The summed E-state index contributed by atoms with van der Waals surface area (Å²) in [7, 11) is -3.90. The molecule has 108 valence electrons. The number of alkyl halides is 3. The summed E-state index contributed by atoms with van der Waals surface area (Å²) in [6.07, 6.45) is -4.88. The Morgan fingerprint density at radius 3 is 2.47 bits per heavy atom. The monoisotopic (exact) mass is 298 g/mol. The molecule has 19 heavy (non-hydrogen) atoms. The number of nitrogens with one attached hydrogen (secondary N) is 1. The van der Waals surface area contributed by atoms with Gasteiger partial charge in [-0.3, -0.25) is 0 Å². The van der Waals surface area contributed by atoms with E-state index in [0.717, 1.165) is 12.1 Å². The minimum atomic E-state index is -4.88. The van der Waals surface area contributed by atoms with E-state index in [2.05, 4.69) is 9.46 Å². The van der Waals surface area contributed by atoms with Gasteiger partial charge in [-0.1, -0.05) is 0 Å². The van der Waals surface area contributed by atoms with Gasteiger partial charge in [0.15, 0.2) is 0 Å². The van der Waals surface area contributed by atoms with Crippen LogP contribution in [0.1, 0.15) is 5.56 Å². The summed E-state index contributed by atoms with van der Waals surface area (Å²) in [4.78, 5) is -0.305. The largest absolute Gasteiger partial charge is 0.573 e. The average molecular weight is 298 g/mol. The third kappa shape index (κ3) is 5.05. The first-order valence-corrected chi connectivity index (χ1v) is 6.69. The smallest absolute Gasteiger partial charge is 0.406 e. The molecule has 0 atom stereocenters. The first kappa shape index (κ1) is 15.7. The van der Waals surface area contributed by atoms with Crippen molar-refractivity contribution in [2.24, 2.45) is 5.73 Å². The number of hydrogen-bond acceptors (Lipinski definition) is 4. The summed E-state index contributed by atoms with van der Waals surface area (Å²) in [5, 5.41) is 0. The maximum Gasteiger partial charge on any atom is 0.573 e. The summed E-state index contributed by atoms with van der Waals surface area (Å²) in [5.74, 6) is -0.583. The van der Waals surface area contributed by atoms with E-state index in [1.54, 1.807) is 0 Å². The van der Waals surface area contributed by atoms with E-state index >= 15 is 0 Å². The van der Waals surface area contributed by atoms with Crippen molar-refractivity contribution in [2.75, 3.05) is 13.1 Å². The standard InChI is InChI=1S/C10H13F3N2O3S/c1-7-4-8(18-10(11,12)13)6-9(5-7)19(16,17)15-3-2-14/h4-6,15H,2-3,14H2,1H3. The van der Waals surface area contributed by atoms with Gasteiger partial charge in [0, 0.05) is 19.2 Å². The summed E-state index contributed by atoms with van der Waals surface area (Å²) in [6.45, 7) is 1.54. The molecule has 0 unspecified atom stereocenters. The highest BCUT2D eigenvalue weighted by atomic mass is 32.2. The van der Waals surface area contributed by atoms with Gasteiger partial charge in [0.25, 0.3) is 0 Å². The van der Waals surface area contributed by atoms with Crippen LogP contribution in [0.2, 0.25) is 0 Å². The van der Waals surface area contributed by atoms with Crippen LogP contribution in [0, 0.1) is 6.92 Å². The van der Waals surface area contributed by atoms with Crippen molar-refractivity contribution in [1.29, 1.82) is 0 Å². The molecular weight excluding hydrogens is 285 g/mol. The van der Waals surface area contributed by atoms with Crippen molar-refractivity contribution in [1.82, 2.24) is 4.72 Å². The van der Waals surface area contributed by atoms with Gasteiger partial charge in [0.1, 0.15) is 5.75 Å². The number of benzene rings is 1. The molecule has 0 aromatic heterocycles. The lowest BCUT2D eigenvalue weighted by molar-refractivity contribution is -0.274. The van der Waals surface area contributed by atoms with Crippen LogP contribution < -0.4 is 15.2 Å². The molecule has 0 saturated heterocycles. The molecule has 0 aliphatic carbocycles. The highest BCUT2D eigenvalue weighted by molar-refractivity contribution is 7.89. The van der Waals surface area contributed by atoms with E-state index in [4.69, 9.17) is 5.73 Å². The maximum atomic E-state index is 12.1. The van der Waals surface area contributed by atoms with Crippen LogP contribution in [0.15, 0.2) is 23.1 Å². The van der Waals surface area contributed by atoms with Crippen molar-refractivity contribution >= 4 is 10.0 Å². The average Bonchev–Trinajstić information content (AvgIpc) is 2.23. The topological polar surface area (TPSA) is 81.4 Å². The number of ether oxygens (including phenoxy) is 1. The second-order valence-electron chi connectivity index (χ2n) is 3.72. The van der Waals surface area contributed by atoms with Crippen molar-refractivity contribution in [2.45, 2.75) is 18.2 Å². The number of rotatable bonds is 5. The van der Waals surface area contributed by atoms with Gasteiger partial charge in [-0.2, -0.15) is 0 Å². The molecule has 0 saturated carbocycles. The Labute approximate surface area is 108 Å². The Morgan fingerprint density at radius 1 is 1.32 bits per heavy atom. The highest BCUT2D eigenvalue weighted by Crippen LogP contribution is 2.26. The third-order valence-corrected chi connectivity index (χ3v) is 3.45. The van der Waals surface area contributed by atoms with E-state index < -0.39 is 22.1 Å². The van der Waals surface area contributed by atoms with Crippen LogP contribution >= 0.6 is 0 Å². The number of sulfonamides is 1. The molecule has 0 aliphatic heterocycles. The third-order valence-electron chi connectivity index (χ3n) is 2.00. The minimum Gasteiger partial charge on any atom is -0.406 e. The van der Waals surface area contributed by atoms with Crippen LogP contribution in [0.25, 0.3) is 0 Å². The SMILES string of the molecule is Cc1cc(OC(F)(F)F)cc(S(=O)(=O)NCCN)c1. The van der Waals surface area contributed by atoms with E-state index in [0.29, 0.717) is 5.56 Å². The number of nitrogens with two attached hydrogens (primary N) is 1. The maximum absolute atomic E-state index is 12.1. The molecule has 0 amide bonds. The second kappa shape index (κ2) is 5.76. The molecule has 0 aliphatic rings. The lowest BCUT2D eigenvalue weighted by Gasteiger charge is -2.12. The number of aryl methyl sites for hydroxylation is 1. The summed E-state index contributed by atoms with van der Waals surface area (Å²) in [6, 6.07) is 3.14. The van der Waals surface area contributed by atoms with Crippen molar-refractivity contribution in [3.63, 3.8) is 0 Å². The van der Waals surface area contributed by atoms with Gasteiger partial charge in [0.05, 0.1) is 4.90 Å². The molecule has 1 rings (SSSR count). The molecule has 0 bridgehead atoms. The molecule has 9 heteroatoms. The fraction of sp³-hybridized carbons (Fsp3) is 0.400. The first-order valence-electron chi connectivity index (χ1n) is 5.21. The van der Waals surface area contributed by atoms with Crippen molar-refractivity contribution in [3.05, 3.63) is 23.8 Å². The molecule has 0 radical (unpaired) electrons. The lowest BCUT2D eigenvalue weighted by Crippen LogP contribution is -2.29. The summed E-state index contributed by atoms with van der Waals surface area (Å²) in [5.41, 5.74) is 5.49. The van der Waals surface area contributed by atoms with E-state index in [1.165, 1.54) is 13.0 Å². The molecule has 0 heterocycles. The van der Waals surface area contributed by atoms with E-state index in [1.807, 2.05) is 0 Å². The zero-order valence-electron chi connectivity index (χ0n) is 9.99. The Kier molecular flexibility index (Phi) is 4.77. The van der Waals surface area contributed by atoms with Crippen LogP contribution in [0.5, 0.6) is 5.75 Å².